The van der Waals surface area contributed by atoms with Gasteiger partial charge in [-0.25, -0.2) is 4.39 Å². The van der Waals surface area contributed by atoms with Crippen LogP contribution in [0, 0.1) is 28.5 Å². The van der Waals surface area contributed by atoms with Gasteiger partial charge in [0.25, 0.3) is 0 Å². The molecule has 0 bridgehead atoms. The summed E-state index contributed by atoms with van der Waals surface area (Å²) >= 11 is 0. The number of fused-ring (bicyclic) bond motifs is 4. The molecule has 0 N–H and O–H groups in total. The minimum Gasteiger partial charge on any atom is -0.487 e. The number of halogens is 1. The van der Waals surface area contributed by atoms with E-state index in [-0.39, 0.29) is 11.4 Å². The van der Waals surface area contributed by atoms with Gasteiger partial charge in [0.15, 0.2) is 0 Å². The molecule has 29 heavy (non-hydrogen) atoms. The van der Waals surface area contributed by atoms with Crippen LogP contribution in [0.1, 0.15) is 65.4 Å². The van der Waals surface area contributed by atoms with E-state index in [4.69, 9.17) is 4.74 Å². The first-order valence-corrected chi connectivity index (χ1v) is 11.3. The second-order valence-electron chi connectivity index (χ2n) is 10.9. The quantitative estimate of drug-likeness (QED) is 0.490. The molecule has 2 fully saturated rings. The fourth-order valence-corrected chi connectivity index (χ4v) is 7.31. The first-order valence-electron chi connectivity index (χ1n) is 11.3. The van der Waals surface area contributed by atoms with Crippen LogP contribution >= 0.6 is 0 Å². The van der Waals surface area contributed by atoms with Crippen molar-refractivity contribution < 1.29 is 9.13 Å². The Bertz CT molecular complexity index is 930. The van der Waals surface area contributed by atoms with Gasteiger partial charge in [-0.3, -0.25) is 0 Å². The van der Waals surface area contributed by atoms with Gasteiger partial charge in [0.1, 0.15) is 17.2 Å². The molecule has 154 valence electrons. The third-order valence-electron chi connectivity index (χ3n) is 8.74. The molecule has 0 spiro atoms. The molecule has 2 aliphatic carbocycles. The van der Waals surface area contributed by atoms with E-state index in [2.05, 4.69) is 45.9 Å². The van der Waals surface area contributed by atoms with Crippen molar-refractivity contribution in [2.24, 2.45) is 22.7 Å². The number of rotatable bonds is 1. The summed E-state index contributed by atoms with van der Waals surface area (Å²) in [5, 5.41) is 0. The highest BCUT2D eigenvalue weighted by Gasteiger charge is 2.60. The Morgan fingerprint density at radius 1 is 0.862 bits per heavy atom. The van der Waals surface area contributed by atoms with Crippen LogP contribution in [0.5, 0.6) is 5.75 Å². The summed E-state index contributed by atoms with van der Waals surface area (Å²) in [6, 6.07) is 13.3. The maximum Gasteiger partial charge on any atom is 0.123 e. The average molecular weight is 393 g/mol. The summed E-state index contributed by atoms with van der Waals surface area (Å²) in [6.45, 7) is 9.89. The zero-order chi connectivity index (χ0) is 20.4. The lowest BCUT2D eigenvalue weighted by Gasteiger charge is -2.63. The molecule has 1 unspecified atom stereocenters. The Balaban J connectivity index is 1.53. The van der Waals surface area contributed by atoms with E-state index in [0.29, 0.717) is 16.7 Å². The second-order valence-corrected chi connectivity index (χ2v) is 10.9. The lowest BCUT2D eigenvalue weighted by molar-refractivity contribution is -0.162. The maximum atomic E-state index is 13.3. The summed E-state index contributed by atoms with van der Waals surface area (Å²) in [5.74, 6) is 2.18. The molecule has 1 heterocycles. The molecule has 3 aliphatic rings. The van der Waals surface area contributed by atoms with Crippen LogP contribution in [0.15, 0.2) is 42.5 Å². The van der Waals surface area contributed by atoms with E-state index in [1.807, 2.05) is 12.1 Å². The summed E-state index contributed by atoms with van der Waals surface area (Å²) in [5.41, 5.74) is 4.22. The molecule has 2 aromatic carbocycles. The number of benzene rings is 2. The van der Waals surface area contributed by atoms with Crippen molar-refractivity contribution in [1.82, 2.24) is 0 Å². The zero-order valence-electron chi connectivity index (χ0n) is 18.2. The van der Waals surface area contributed by atoms with E-state index in [1.54, 1.807) is 12.1 Å². The number of hydrogen-bond donors (Lipinski definition) is 0. The largest absolute Gasteiger partial charge is 0.487 e. The molecule has 0 amide bonds. The minimum absolute atomic E-state index is 0.0664. The van der Waals surface area contributed by atoms with Gasteiger partial charge in [-0.1, -0.05) is 45.4 Å². The van der Waals surface area contributed by atoms with Crippen LogP contribution in [0.4, 0.5) is 4.39 Å². The van der Waals surface area contributed by atoms with Crippen LogP contribution in [0.2, 0.25) is 0 Å². The van der Waals surface area contributed by atoms with Gasteiger partial charge >= 0.3 is 0 Å². The fourth-order valence-electron chi connectivity index (χ4n) is 7.31. The van der Waals surface area contributed by atoms with E-state index >= 15 is 0 Å². The average Bonchev–Trinajstić information content (AvgIpc) is 2.66. The van der Waals surface area contributed by atoms with Gasteiger partial charge in [-0.15, -0.1) is 0 Å². The summed E-state index contributed by atoms with van der Waals surface area (Å²) in [7, 11) is 0. The molecular formula is C27H33FO. The van der Waals surface area contributed by atoms with Gasteiger partial charge in [0, 0.05) is 5.92 Å². The third-order valence-corrected chi connectivity index (χ3v) is 8.74. The van der Waals surface area contributed by atoms with E-state index in [9.17, 15) is 4.39 Å². The first kappa shape index (κ1) is 19.2. The maximum absolute atomic E-state index is 13.3. The standard InChI is InChI=1S/C27H33FO/c1-25(2)13-5-14-26(3)23(25)12-15-27(4)24(26)17-20-16-19(8-11-22(20)29-27)18-6-9-21(28)10-7-18/h6-11,16,23-24H,5,12-15,17H2,1-4H3/t23?,24-,26+,27-/m1/s1. The minimum atomic E-state index is -0.188. The Morgan fingerprint density at radius 2 is 1.59 bits per heavy atom. The predicted octanol–water partition coefficient (Wildman–Crippen LogP) is 7.43. The van der Waals surface area contributed by atoms with E-state index < -0.39 is 0 Å². The van der Waals surface area contributed by atoms with Crippen molar-refractivity contribution in [3.8, 4) is 16.9 Å². The van der Waals surface area contributed by atoms with E-state index in [0.717, 1.165) is 35.6 Å². The number of hydrogen-bond acceptors (Lipinski definition) is 1. The lowest BCUT2D eigenvalue weighted by atomic mass is 9.44. The summed E-state index contributed by atoms with van der Waals surface area (Å²) < 4.78 is 20.1. The molecule has 0 saturated heterocycles. The van der Waals surface area contributed by atoms with Crippen LogP contribution in [-0.4, -0.2) is 5.60 Å². The smallest absolute Gasteiger partial charge is 0.123 e. The SMILES string of the molecule is CC1(C)CCC[C@@]2(C)C1CC[C@@]1(C)Oc3ccc(-c4ccc(F)cc4)cc3C[C@@H]12. The predicted molar refractivity (Wildman–Crippen MR) is 117 cm³/mol. The highest BCUT2D eigenvalue weighted by Crippen LogP contribution is 2.64. The molecule has 0 aromatic heterocycles. The van der Waals surface area contributed by atoms with Crippen LogP contribution in [-0.2, 0) is 6.42 Å². The van der Waals surface area contributed by atoms with Crippen LogP contribution in [0.3, 0.4) is 0 Å². The van der Waals surface area contributed by atoms with Crippen molar-refractivity contribution >= 4 is 0 Å². The van der Waals surface area contributed by atoms with Crippen molar-refractivity contribution in [3.05, 3.63) is 53.8 Å². The zero-order valence-corrected chi connectivity index (χ0v) is 18.2. The Kier molecular flexibility index (Phi) is 4.18. The molecule has 5 rings (SSSR count). The summed E-state index contributed by atoms with van der Waals surface area (Å²) in [4.78, 5) is 0. The van der Waals surface area contributed by atoms with E-state index in [1.165, 1.54) is 31.2 Å². The third kappa shape index (κ3) is 2.94. The van der Waals surface area contributed by atoms with Crippen molar-refractivity contribution in [2.75, 3.05) is 0 Å². The highest BCUT2D eigenvalue weighted by atomic mass is 19.1. The van der Waals surface area contributed by atoms with Crippen molar-refractivity contribution in [2.45, 2.75) is 71.8 Å². The van der Waals surface area contributed by atoms with Gasteiger partial charge in [0.2, 0.25) is 0 Å². The Labute approximate surface area is 174 Å². The van der Waals surface area contributed by atoms with Gasteiger partial charge < -0.3 is 4.74 Å². The first-order chi connectivity index (χ1) is 13.7. The van der Waals surface area contributed by atoms with Crippen molar-refractivity contribution in [1.29, 1.82) is 0 Å². The monoisotopic (exact) mass is 392 g/mol. The lowest BCUT2D eigenvalue weighted by Crippen LogP contribution is -2.61. The summed E-state index contributed by atoms with van der Waals surface area (Å²) in [6.07, 6.45) is 7.51. The normalized spacial score (nSPS) is 35.1. The van der Waals surface area contributed by atoms with Crippen LogP contribution < -0.4 is 4.74 Å². The highest BCUT2D eigenvalue weighted by molar-refractivity contribution is 5.66. The molecule has 1 nitrogen and oxygen atoms in total. The van der Waals surface area contributed by atoms with Crippen molar-refractivity contribution in [3.63, 3.8) is 0 Å². The van der Waals surface area contributed by atoms with Gasteiger partial charge in [-0.05, 0) is 96.7 Å². The molecule has 0 radical (unpaired) electrons. The fraction of sp³-hybridized carbons (Fsp3) is 0.556. The number of ether oxygens (including phenoxy) is 1. The molecule has 2 heteroatoms. The topological polar surface area (TPSA) is 9.23 Å². The molecule has 2 aromatic rings. The Hall–Kier alpha value is -1.83. The molecule has 2 saturated carbocycles. The van der Waals surface area contributed by atoms with Crippen LogP contribution in [0.25, 0.3) is 11.1 Å². The molecular weight excluding hydrogens is 359 g/mol. The second kappa shape index (κ2) is 6.33. The molecule has 4 atom stereocenters. The molecule has 1 aliphatic heterocycles. The Morgan fingerprint density at radius 3 is 2.34 bits per heavy atom. The van der Waals surface area contributed by atoms with Gasteiger partial charge in [-0.2, -0.15) is 0 Å². The van der Waals surface area contributed by atoms with Gasteiger partial charge in [0.05, 0.1) is 0 Å².